The summed E-state index contributed by atoms with van der Waals surface area (Å²) in [7, 11) is 1.44. The summed E-state index contributed by atoms with van der Waals surface area (Å²) in [6.07, 6.45) is 0. The van der Waals surface area contributed by atoms with E-state index in [1.807, 2.05) is 19.1 Å². The van der Waals surface area contributed by atoms with Gasteiger partial charge in [-0.15, -0.1) is 0 Å². The molecule has 5 aromatic carbocycles. The van der Waals surface area contributed by atoms with E-state index < -0.39 is 0 Å². The Labute approximate surface area is 182 Å². The molecule has 0 bridgehead atoms. The highest BCUT2D eigenvalue weighted by molar-refractivity contribution is 6.26. The van der Waals surface area contributed by atoms with Crippen molar-refractivity contribution in [1.29, 1.82) is 0 Å². The highest BCUT2D eigenvalue weighted by atomic mass is 16.5. The minimum atomic E-state index is -0.306. The second kappa shape index (κ2) is 6.81. The Kier molecular flexibility index (Phi) is 4.30. The van der Waals surface area contributed by atoms with Gasteiger partial charge in [0.2, 0.25) is 0 Å². The van der Waals surface area contributed by atoms with Crippen LogP contribution in [-0.4, -0.2) is 13.1 Å². The average molecular weight is 407 g/mol. The number of esters is 1. The molecule has 0 unspecified atom stereocenters. The fourth-order valence-electron chi connectivity index (χ4n) is 4.66. The number of hydrogen-bond acceptors (Lipinski definition) is 2. The third-order valence-electron chi connectivity index (χ3n) is 6.34. The lowest BCUT2D eigenvalue weighted by Crippen LogP contribution is -2.10. The van der Waals surface area contributed by atoms with Crippen molar-refractivity contribution in [1.82, 2.24) is 0 Å². The second-order valence-corrected chi connectivity index (χ2v) is 9.48. The molecule has 0 aromatic heterocycles. The summed E-state index contributed by atoms with van der Waals surface area (Å²) in [4.78, 5) is 12.5. The molecule has 2 nitrogen and oxygen atoms in total. The minimum Gasteiger partial charge on any atom is -0.465 e. The Morgan fingerprint density at radius 1 is 0.742 bits per heavy atom. The van der Waals surface area contributed by atoms with Gasteiger partial charge in [-0.3, -0.25) is 0 Å². The van der Waals surface area contributed by atoms with E-state index in [0.29, 0.717) is 5.56 Å². The summed E-state index contributed by atoms with van der Waals surface area (Å²) in [5.74, 6) is -0.306. The van der Waals surface area contributed by atoms with E-state index in [9.17, 15) is 4.79 Å². The zero-order valence-corrected chi connectivity index (χ0v) is 18.7. The molecular formula is C29H26O2. The maximum Gasteiger partial charge on any atom is 0.338 e. The monoisotopic (exact) mass is 406 g/mol. The van der Waals surface area contributed by atoms with Gasteiger partial charge < -0.3 is 4.74 Å². The van der Waals surface area contributed by atoms with Crippen LogP contribution >= 0.6 is 0 Å². The van der Waals surface area contributed by atoms with Gasteiger partial charge in [0.1, 0.15) is 0 Å². The van der Waals surface area contributed by atoms with Crippen LogP contribution in [-0.2, 0) is 10.2 Å². The van der Waals surface area contributed by atoms with E-state index >= 15 is 0 Å². The van der Waals surface area contributed by atoms with Crippen molar-refractivity contribution in [3.05, 3.63) is 83.4 Å². The van der Waals surface area contributed by atoms with Crippen LogP contribution in [0.3, 0.4) is 0 Å². The van der Waals surface area contributed by atoms with Crippen molar-refractivity contribution in [2.45, 2.75) is 33.1 Å². The fraction of sp³-hybridized carbons (Fsp3) is 0.207. The molecule has 5 rings (SSSR count). The fourth-order valence-corrected chi connectivity index (χ4v) is 4.66. The topological polar surface area (TPSA) is 26.3 Å². The summed E-state index contributed by atoms with van der Waals surface area (Å²) >= 11 is 0. The Balaban J connectivity index is 1.87. The van der Waals surface area contributed by atoms with Crippen LogP contribution in [0.5, 0.6) is 0 Å². The molecule has 0 aliphatic carbocycles. The van der Waals surface area contributed by atoms with Crippen LogP contribution in [0.4, 0.5) is 0 Å². The molecule has 0 atom stereocenters. The van der Waals surface area contributed by atoms with E-state index in [0.717, 1.165) is 22.1 Å². The Hall–Kier alpha value is -3.39. The zero-order chi connectivity index (χ0) is 21.9. The summed E-state index contributed by atoms with van der Waals surface area (Å²) in [5.41, 5.74) is 5.04. The molecule has 31 heavy (non-hydrogen) atoms. The molecule has 0 aliphatic rings. The summed E-state index contributed by atoms with van der Waals surface area (Å²) in [6.45, 7) is 8.75. The first-order chi connectivity index (χ1) is 14.8. The Morgan fingerprint density at radius 3 is 2.03 bits per heavy atom. The number of benzene rings is 5. The quantitative estimate of drug-likeness (QED) is 0.222. The van der Waals surface area contributed by atoms with Crippen molar-refractivity contribution in [2.75, 3.05) is 7.11 Å². The van der Waals surface area contributed by atoms with E-state index in [4.69, 9.17) is 4.74 Å². The molecule has 0 amide bonds. The van der Waals surface area contributed by atoms with Gasteiger partial charge in [0.15, 0.2) is 0 Å². The second-order valence-electron chi connectivity index (χ2n) is 9.48. The molecule has 0 saturated heterocycles. The lowest BCUT2D eigenvalue weighted by atomic mass is 9.82. The summed E-state index contributed by atoms with van der Waals surface area (Å²) < 4.78 is 5.08. The van der Waals surface area contributed by atoms with Crippen molar-refractivity contribution in [2.24, 2.45) is 0 Å². The third kappa shape index (κ3) is 3.06. The molecular weight excluding hydrogens is 380 g/mol. The first-order valence-electron chi connectivity index (χ1n) is 10.7. The van der Waals surface area contributed by atoms with Crippen molar-refractivity contribution < 1.29 is 9.53 Å². The van der Waals surface area contributed by atoms with Gasteiger partial charge in [-0.2, -0.15) is 0 Å². The number of rotatable bonds is 2. The molecule has 0 radical (unpaired) electrons. The maximum atomic E-state index is 12.5. The predicted octanol–water partition coefficient (Wildman–Crippen LogP) is 7.64. The van der Waals surface area contributed by atoms with Gasteiger partial charge in [-0.25, -0.2) is 4.79 Å². The van der Waals surface area contributed by atoms with E-state index in [1.54, 1.807) is 0 Å². The van der Waals surface area contributed by atoms with Gasteiger partial charge in [0, 0.05) is 0 Å². The number of hydrogen-bond donors (Lipinski definition) is 0. The Morgan fingerprint density at radius 2 is 1.35 bits per heavy atom. The van der Waals surface area contributed by atoms with Crippen molar-refractivity contribution in [3.63, 3.8) is 0 Å². The minimum absolute atomic E-state index is 0.0902. The first-order valence-corrected chi connectivity index (χ1v) is 10.7. The number of carbonyl (C=O) groups excluding carboxylic acids is 1. The highest BCUT2D eigenvalue weighted by Gasteiger charge is 2.20. The predicted molar refractivity (Wildman–Crippen MR) is 130 cm³/mol. The van der Waals surface area contributed by atoms with Gasteiger partial charge in [0.25, 0.3) is 0 Å². The standard InChI is InChI=1S/C29H26O2/c1-17-6-11-23(25(14-17)28(30)31-5)22-12-9-18-7-8-19-15-21(29(2,3)4)16-20-10-13-24(22)27(18)26(19)20/h6-16H,1-5H3. The number of carbonyl (C=O) groups is 1. The van der Waals surface area contributed by atoms with Gasteiger partial charge in [-0.1, -0.05) is 87.0 Å². The van der Waals surface area contributed by atoms with Crippen LogP contribution in [0.25, 0.3) is 43.4 Å². The lowest BCUT2D eigenvalue weighted by Gasteiger charge is -2.22. The molecule has 0 spiro atoms. The van der Waals surface area contributed by atoms with Crippen LogP contribution in [0.1, 0.15) is 42.3 Å². The molecule has 0 saturated carbocycles. The molecule has 0 fully saturated rings. The first kappa shape index (κ1) is 19.6. The Bertz CT molecular complexity index is 1450. The van der Waals surface area contributed by atoms with E-state index in [2.05, 4.69) is 75.4 Å². The van der Waals surface area contributed by atoms with Gasteiger partial charge in [-0.05, 0) is 67.4 Å². The summed E-state index contributed by atoms with van der Waals surface area (Å²) in [5, 5.41) is 7.44. The molecule has 0 heterocycles. The summed E-state index contributed by atoms with van der Waals surface area (Å²) in [6, 6.07) is 23.8. The molecule has 5 aromatic rings. The normalized spacial score (nSPS) is 12.2. The van der Waals surface area contributed by atoms with Crippen LogP contribution in [0, 0.1) is 6.92 Å². The van der Waals surface area contributed by atoms with E-state index in [1.165, 1.54) is 39.6 Å². The molecule has 2 heteroatoms. The average Bonchev–Trinajstić information content (AvgIpc) is 2.76. The molecule has 154 valence electrons. The SMILES string of the molecule is COC(=O)c1cc(C)ccc1-c1ccc2ccc3cc(C(C)(C)C)cc4ccc1c2c34. The molecule has 0 aliphatic heterocycles. The van der Waals surface area contributed by atoms with Crippen molar-refractivity contribution >= 4 is 38.3 Å². The van der Waals surface area contributed by atoms with Gasteiger partial charge >= 0.3 is 5.97 Å². The highest BCUT2D eigenvalue weighted by Crippen LogP contribution is 2.41. The largest absolute Gasteiger partial charge is 0.465 e. The number of ether oxygens (including phenoxy) is 1. The smallest absolute Gasteiger partial charge is 0.338 e. The van der Waals surface area contributed by atoms with Gasteiger partial charge in [0.05, 0.1) is 12.7 Å². The van der Waals surface area contributed by atoms with Crippen molar-refractivity contribution in [3.8, 4) is 11.1 Å². The number of aryl methyl sites for hydroxylation is 1. The number of methoxy groups -OCH3 is 1. The van der Waals surface area contributed by atoms with E-state index in [-0.39, 0.29) is 11.4 Å². The molecule has 0 N–H and O–H groups in total. The van der Waals surface area contributed by atoms with Crippen LogP contribution in [0.2, 0.25) is 0 Å². The third-order valence-corrected chi connectivity index (χ3v) is 6.34. The lowest BCUT2D eigenvalue weighted by molar-refractivity contribution is 0.0601. The zero-order valence-electron chi connectivity index (χ0n) is 18.7. The van der Waals surface area contributed by atoms with Crippen LogP contribution in [0.15, 0.2) is 66.7 Å². The van der Waals surface area contributed by atoms with Crippen LogP contribution < -0.4 is 0 Å². The maximum absolute atomic E-state index is 12.5.